The van der Waals surface area contributed by atoms with Crippen LogP contribution < -0.4 is 4.90 Å². The number of fused-ring (bicyclic) bond motifs is 1. The molecule has 2 aliphatic heterocycles. The molecule has 4 rings (SSSR count). The quantitative estimate of drug-likeness (QED) is 0.664. The van der Waals surface area contributed by atoms with Crippen molar-refractivity contribution in [1.29, 1.82) is 0 Å². The van der Waals surface area contributed by atoms with Gasteiger partial charge >= 0.3 is 5.97 Å². The maximum atomic E-state index is 13.0. The van der Waals surface area contributed by atoms with Gasteiger partial charge in [0.15, 0.2) is 0 Å². The number of esters is 1. The summed E-state index contributed by atoms with van der Waals surface area (Å²) in [6.07, 6.45) is 2.85. The molecule has 5 heteroatoms. The summed E-state index contributed by atoms with van der Waals surface area (Å²) in [7, 11) is 0. The molecule has 1 amide bonds. The van der Waals surface area contributed by atoms with Crippen molar-refractivity contribution in [2.45, 2.75) is 51.0 Å². The SMILES string of the molecule is CCOC(=O)C1(c2ccccc2)CCN(CCC(=O)N2c3ccccc3C[C@H]2C)CC1. The number of hydrogen-bond donors (Lipinski definition) is 0. The predicted octanol–water partition coefficient (Wildman–Crippen LogP) is 3.95. The number of piperidine rings is 1. The maximum Gasteiger partial charge on any atom is 0.316 e. The number of carbonyl (C=O) groups excluding carboxylic acids is 2. The van der Waals surface area contributed by atoms with Gasteiger partial charge in [0.05, 0.1) is 12.0 Å². The molecule has 1 saturated heterocycles. The van der Waals surface area contributed by atoms with Gasteiger partial charge in [-0.3, -0.25) is 9.59 Å². The number of hydrogen-bond acceptors (Lipinski definition) is 4. The lowest BCUT2D eigenvalue weighted by molar-refractivity contribution is -0.152. The maximum absolute atomic E-state index is 13.0. The molecule has 0 saturated carbocycles. The number of ether oxygens (including phenoxy) is 1. The molecule has 2 aromatic rings. The second kappa shape index (κ2) is 9.23. The molecule has 2 heterocycles. The average molecular weight is 421 g/mol. The summed E-state index contributed by atoms with van der Waals surface area (Å²) in [6.45, 7) is 6.65. The third-order valence-electron chi connectivity index (χ3n) is 6.82. The van der Waals surface area contributed by atoms with E-state index < -0.39 is 5.41 Å². The van der Waals surface area contributed by atoms with Gasteiger partial charge in [0, 0.05) is 24.7 Å². The van der Waals surface area contributed by atoms with Crippen LogP contribution in [0.2, 0.25) is 0 Å². The summed E-state index contributed by atoms with van der Waals surface area (Å²) in [5.74, 6) is 0.0576. The molecule has 0 spiro atoms. The van der Waals surface area contributed by atoms with Crippen LogP contribution in [0.25, 0.3) is 0 Å². The van der Waals surface area contributed by atoms with Gasteiger partial charge in [-0.25, -0.2) is 0 Å². The molecule has 2 aliphatic rings. The van der Waals surface area contributed by atoms with Crippen molar-refractivity contribution in [2.24, 2.45) is 0 Å². The molecule has 0 unspecified atom stereocenters. The van der Waals surface area contributed by atoms with E-state index in [1.54, 1.807) is 0 Å². The van der Waals surface area contributed by atoms with E-state index in [9.17, 15) is 9.59 Å². The number of anilines is 1. The fraction of sp³-hybridized carbons (Fsp3) is 0.462. The van der Waals surface area contributed by atoms with Crippen molar-refractivity contribution in [3.8, 4) is 0 Å². The smallest absolute Gasteiger partial charge is 0.316 e. The molecule has 164 valence electrons. The van der Waals surface area contributed by atoms with Crippen LogP contribution in [-0.4, -0.2) is 49.1 Å². The Hall–Kier alpha value is -2.66. The van der Waals surface area contributed by atoms with E-state index in [4.69, 9.17) is 4.74 Å². The Balaban J connectivity index is 1.38. The minimum absolute atomic E-state index is 0.126. The highest BCUT2D eigenvalue weighted by Gasteiger charge is 2.44. The van der Waals surface area contributed by atoms with Crippen molar-refractivity contribution in [1.82, 2.24) is 4.90 Å². The van der Waals surface area contributed by atoms with Crippen LogP contribution in [0.3, 0.4) is 0 Å². The van der Waals surface area contributed by atoms with E-state index in [0.29, 0.717) is 25.9 Å². The molecule has 5 nitrogen and oxygen atoms in total. The third kappa shape index (κ3) is 4.24. The first-order chi connectivity index (χ1) is 15.0. The molecular formula is C26H32N2O3. The first-order valence-corrected chi connectivity index (χ1v) is 11.4. The summed E-state index contributed by atoms with van der Waals surface area (Å²) in [5, 5.41) is 0. The van der Waals surface area contributed by atoms with Crippen LogP contribution in [0.15, 0.2) is 54.6 Å². The Morgan fingerprint density at radius 2 is 1.71 bits per heavy atom. The van der Waals surface area contributed by atoms with Gasteiger partial charge in [-0.1, -0.05) is 48.5 Å². The van der Waals surface area contributed by atoms with Gasteiger partial charge in [0.25, 0.3) is 0 Å². The molecule has 1 fully saturated rings. The predicted molar refractivity (Wildman–Crippen MR) is 122 cm³/mol. The zero-order valence-electron chi connectivity index (χ0n) is 18.5. The average Bonchev–Trinajstić information content (AvgIpc) is 3.14. The number of nitrogens with zero attached hydrogens (tertiary/aromatic N) is 2. The number of rotatable bonds is 6. The number of para-hydroxylation sites is 1. The van der Waals surface area contributed by atoms with Gasteiger partial charge in [0.2, 0.25) is 5.91 Å². The Kier molecular flexibility index (Phi) is 6.42. The number of benzene rings is 2. The van der Waals surface area contributed by atoms with Crippen molar-refractivity contribution in [2.75, 3.05) is 31.1 Å². The fourth-order valence-corrected chi connectivity index (χ4v) is 5.12. The van der Waals surface area contributed by atoms with Gasteiger partial charge in [-0.15, -0.1) is 0 Å². The van der Waals surface area contributed by atoms with Crippen LogP contribution in [0.5, 0.6) is 0 Å². The van der Waals surface area contributed by atoms with Crippen molar-refractivity contribution in [3.63, 3.8) is 0 Å². The van der Waals surface area contributed by atoms with Gasteiger partial charge in [-0.2, -0.15) is 0 Å². The molecule has 0 radical (unpaired) electrons. The highest BCUT2D eigenvalue weighted by molar-refractivity contribution is 5.96. The Labute approximate surface area is 185 Å². The monoisotopic (exact) mass is 420 g/mol. The lowest BCUT2D eigenvalue weighted by Crippen LogP contribution is -2.49. The second-order valence-corrected chi connectivity index (χ2v) is 8.71. The molecule has 0 N–H and O–H groups in total. The number of carbonyl (C=O) groups is 2. The van der Waals surface area contributed by atoms with Crippen LogP contribution in [0.1, 0.15) is 44.2 Å². The highest BCUT2D eigenvalue weighted by Crippen LogP contribution is 2.37. The van der Waals surface area contributed by atoms with E-state index in [2.05, 4.69) is 17.9 Å². The summed E-state index contributed by atoms with van der Waals surface area (Å²) in [5.41, 5.74) is 2.76. The second-order valence-electron chi connectivity index (χ2n) is 8.71. The molecule has 0 aromatic heterocycles. The third-order valence-corrected chi connectivity index (χ3v) is 6.82. The van der Waals surface area contributed by atoms with Crippen LogP contribution in [0, 0.1) is 0 Å². The number of likely N-dealkylation sites (tertiary alicyclic amines) is 1. The van der Waals surface area contributed by atoms with E-state index >= 15 is 0 Å². The summed E-state index contributed by atoms with van der Waals surface area (Å²) < 4.78 is 5.47. The Bertz CT molecular complexity index is 919. The van der Waals surface area contributed by atoms with Gasteiger partial charge in [0.1, 0.15) is 0 Å². The van der Waals surface area contributed by atoms with E-state index in [0.717, 1.165) is 37.3 Å². The van der Waals surface area contributed by atoms with E-state index in [1.807, 2.05) is 60.4 Å². The summed E-state index contributed by atoms with van der Waals surface area (Å²) in [4.78, 5) is 30.2. The van der Waals surface area contributed by atoms with Gasteiger partial charge in [-0.05, 0) is 63.4 Å². The van der Waals surface area contributed by atoms with E-state index in [-0.39, 0.29) is 17.9 Å². The zero-order chi connectivity index (χ0) is 21.8. The molecular weight excluding hydrogens is 388 g/mol. The normalized spacial score (nSPS) is 20.3. The molecule has 1 atom stereocenters. The number of amides is 1. The van der Waals surface area contributed by atoms with Crippen molar-refractivity contribution < 1.29 is 14.3 Å². The molecule has 0 aliphatic carbocycles. The first-order valence-electron chi connectivity index (χ1n) is 11.4. The fourth-order valence-electron chi connectivity index (χ4n) is 5.12. The first kappa shape index (κ1) is 21.6. The van der Waals surface area contributed by atoms with Gasteiger partial charge < -0.3 is 14.5 Å². The van der Waals surface area contributed by atoms with Crippen LogP contribution in [0.4, 0.5) is 5.69 Å². The molecule has 2 aromatic carbocycles. The molecule has 31 heavy (non-hydrogen) atoms. The van der Waals surface area contributed by atoms with Crippen LogP contribution >= 0.6 is 0 Å². The van der Waals surface area contributed by atoms with Crippen LogP contribution in [-0.2, 0) is 26.2 Å². The van der Waals surface area contributed by atoms with Crippen molar-refractivity contribution in [3.05, 3.63) is 65.7 Å². The standard InChI is InChI=1S/C26H32N2O3/c1-3-31-25(30)26(22-10-5-4-6-11-22)14-17-27(18-15-26)16-13-24(29)28-20(2)19-21-9-7-8-12-23(21)28/h4-12,20H,3,13-19H2,1-2H3/t20-/m1/s1. The topological polar surface area (TPSA) is 49.9 Å². The molecule has 0 bridgehead atoms. The lowest BCUT2D eigenvalue weighted by Gasteiger charge is -2.40. The van der Waals surface area contributed by atoms with E-state index in [1.165, 1.54) is 5.56 Å². The highest BCUT2D eigenvalue weighted by atomic mass is 16.5. The lowest BCUT2D eigenvalue weighted by atomic mass is 9.72. The summed E-state index contributed by atoms with van der Waals surface area (Å²) >= 11 is 0. The zero-order valence-corrected chi connectivity index (χ0v) is 18.5. The minimum Gasteiger partial charge on any atom is -0.465 e. The Morgan fingerprint density at radius 3 is 2.42 bits per heavy atom. The minimum atomic E-state index is -0.583. The Morgan fingerprint density at radius 1 is 1.03 bits per heavy atom. The van der Waals surface area contributed by atoms with Crippen molar-refractivity contribution >= 4 is 17.6 Å². The largest absolute Gasteiger partial charge is 0.465 e. The summed E-state index contributed by atoms with van der Waals surface area (Å²) in [6, 6.07) is 18.4.